The third-order valence-electron chi connectivity index (χ3n) is 3.09. The number of benzene rings is 2. The molecule has 0 atom stereocenters. The predicted octanol–water partition coefficient (Wildman–Crippen LogP) is 4.26. The Bertz CT molecular complexity index is 763. The van der Waals surface area contributed by atoms with Gasteiger partial charge in [0.25, 0.3) is 5.91 Å². The molecule has 0 aliphatic heterocycles. The summed E-state index contributed by atoms with van der Waals surface area (Å²) in [6.07, 6.45) is -0.0894. The summed E-state index contributed by atoms with van der Waals surface area (Å²) in [5.41, 5.74) is 0.937. The van der Waals surface area contributed by atoms with Gasteiger partial charge in [0.05, 0.1) is 18.2 Å². The molecular weight excluding hydrogens is 408 g/mol. The summed E-state index contributed by atoms with van der Waals surface area (Å²) >= 11 is 9.29. The molecule has 2 aromatic rings. The highest BCUT2D eigenvalue weighted by molar-refractivity contribution is 9.10. The van der Waals surface area contributed by atoms with Crippen molar-refractivity contribution in [3.63, 3.8) is 0 Å². The third-order valence-corrected chi connectivity index (χ3v) is 3.85. The van der Waals surface area contributed by atoms with Gasteiger partial charge < -0.3 is 15.4 Å². The van der Waals surface area contributed by atoms with Gasteiger partial charge in [0.2, 0.25) is 5.91 Å². The van der Waals surface area contributed by atoms with Crippen molar-refractivity contribution in [3.8, 4) is 5.75 Å². The summed E-state index contributed by atoms with van der Waals surface area (Å²) in [6.45, 7) is 3.56. The van der Waals surface area contributed by atoms with E-state index in [2.05, 4.69) is 26.6 Å². The number of rotatable bonds is 6. The molecule has 0 aliphatic rings. The summed E-state index contributed by atoms with van der Waals surface area (Å²) < 4.78 is 6.52. The highest BCUT2D eigenvalue weighted by Gasteiger charge is 2.15. The highest BCUT2D eigenvalue weighted by atomic mass is 79.9. The quantitative estimate of drug-likeness (QED) is 0.727. The van der Waals surface area contributed by atoms with Crippen LogP contribution in [0.4, 0.5) is 5.69 Å². The van der Waals surface area contributed by atoms with E-state index in [1.165, 1.54) is 6.07 Å². The first-order valence-electron chi connectivity index (χ1n) is 7.65. The molecule has 2 rings (SSSR count). The van der Waals surface area contributed by atoms with Crippen LogP contribution in [0.15, 0.2) is 46.9 Å². The average Bonchev–Trinajstić information content (AvgIpc) is 2.56. The standard InChI is InChI=1S/C18H18BrClN2O3/c1-11(2)25-16-8-5-13(20)9-15(16)18(24)21-10-17(23)22-14-6-3-12(19)4-7-14/h3-9,11H,10H2,1-2H3,(H,21,24)(H,22,23). The molecule has 132 valence electrons. The van der Waals surface area contributed by atoms with Crippen molar-refractivity contribution >= 4 is 45.0 Å². The molecule has 0 saturated heterocycles. The lowest BCUT2D eigenvalue weighted by atomic mass is 10.2. The summed E-state index contributed by atoms with van der Waals surface area (Å²) in [6, 6.07) is 12.0. The van der Waals surface area contributed by atoms with Crippen LogP contribution in [0.2, 0.25) is 5.02 Å². The van der Waals surface area contributed by atoms with Gasteiger partial charge in [-0.25, -0.2) is 0 Å². The SMILES string of the molecule is CC(C)Oc1ccc(Cl)cc1C(=O)NCC(=O)Nc1ccc(Br)cc1. The van der Waals surface area contributed by atoms with E-state index < -0.39 is 5.91 Å². The van der Waals surface area contributed by atoms with Crippen LogP contribution in [0.5, 0.6) is 5.75 Å². The molecular formula is C18H18BrClN2O3. The fourth-order valence-corrected chi connectivity index (χ4v) is 2.47. The van der Waals surface area contributed by atoms with Crippen molar-refractivity contribution in [2.75, 3.05) is 11.9 Å². The molecule has 0 heterocycles. The molecule has 0 aromatic heterocycles. The first-order chi connectivity index (χ1) is 11.8. The van der Waals surface area contributed by atoms with Crippen LogP contribution in [0.25, 0.3) is 0 Å². The zero-order valence-corrected chi connectivity index (χ0v) is 16.1. The second kappa shape index (κ2) is 8.87. The van der Waals surface area contributed by atoms with Crippen molar-refractivity contribution in [3.05, 3.63) is 57.5 Å². The summed E-state index contributed by atoms with van der Waals surface area (Å²) in [5, 5.41) is 5.69. The molecule has 0 saturated carbocycles. The molecule has 0 aliphatic carbocycles. The van der Waals surface area contributed by atoms with Gasteiger partial charge in [0.1, 0.15) is 5.75 Å². The third kappa shape index (κ3) is 6.07. The van der Waals surface area contributed by atoms with Gasteiger partial charge in [0, 0.05) is 15.2 Å². The van der Waals surface area contributed by atoms with Gasteiger partial charge in [-0.05, 0) is 56.3 Å². The highest BCUT2D eigenvalue weighted by Crippen LogP contribution is 2.24. The Labute approximate surface area is 159 Å². The van der Waals surface area contributed by atoms with Gasteiger partial charge in [-0.2, -0.15) is 0 Å². The van der Waals surface area contributed by atoms with Crippen molar-refractivity contribution in [2.24, 2.45) is 0 Å². The minimum Gasteiger partial charge on any atom is -0.490 e. The summed E-state index contributed by atoms with van der Waals surface area (Å²) in [4.78, 5) is 24.3. The number of halogens is 2. The molecule has 2 N–H and O–H groups in total. The number of amides is 2. The molecule has 7 heteroatoms. The van der Waals surface area contributed by atoms with E-state index in [0.717, 1.165) is 4.47 Å². The molecule has 0 bridgehead atoms. The maximum atomic E-state index is 12.4. The number of hydrogen-bond donors (Lipinski definition) is 2. The number of nitrogens with one attached hydrogen (secondary N) is 2. The van der Waals surface area contributed by atoms with E-state index in [9.17, 15) is 9.59 Å². The topological polar surface area (TPSA) is 67.4 Å². The lowest BCUT2D eigenvalue weighted by Crippen LogP contribution is -2.33. The number of carbonyl (C=O) groups excluding carboxylic acids is 2. The van der Waals surface area contributed by atoms with Crippen molar-refractivity contribution in [1.82, 2.24) is 5.32 Å². The average molecular weight is 426 g/mol. The molecule has 0 radical (unpaired) electrons. The Balaban J connectivity index is 1.98. The van der Waals surface area contributed by atoms with Crippen LogP contribution in [-0.2, 0) is 4.79 Å². The zero-order chi connectivity index (χ0) is 18.4. The number of carbonyl (C=O) groups is 2. The van der Waals surface area contributed by atoms with E-state index in [-0.39, 0.29) is 24.1 Å². The molecule has 5 nitrogen and oxygen atoms in total. The van der Waals surface area contributed by atoms with Gasteiger partial charge in [0.15, 0.2) is 0 Å². The van der Waals surface area contributed by atoms with Crippen LogP contribution < -0.4 is 15.4 Å². The largest absolute Gasteiger partial charge is 0.490 e. The maximum absolute atomic E-state index is 12.4. The number of hydrogen-bond acceptors (Lipinski definition) is 3. The molecule has 2 amide bonds. The first-order valence-corrected chi connectivity index (χ1v) is 8.82. The van der Waals surface area contributed by atoms with Crippen LogP contribution in [0.3, 0.4) is 0 Å². The predicted molar refractivity (Wildman–Crippen MR) is 102 cm³/mol. The lowest BCUT2D eigenvalue weighted by molar-refractivity contribution is -0.115. The first kappa shape index (κ1) is 19.3. The monoisotopic (exact) mass is 424 g/mol. The Hall–Kier alpha value is -2.05. The second-order valence-electron chi connectivity index (χ2n) is 5.54. The number of anilines is 1. The number of ether oxygens (including phenoxy) is 1. The van der Waals surface area contributed by atoms with Crippen LogP contribution >= 0.6 is 27.5 Å². The van der Waals surface area contributed by atoms with E-state index in [4.69, 9.17) is 16.3 Å². The fourth-order valence-electron chi connectivity index (χ4n) is 2.03. The second-order valence-corrected chi connectivity index (χ2v) is 6.90. The normalized spacial score (nSPS) is 10.4. The molecule has 2 aromatic carbocycles. The summed E-state index contributed by atoms with van der Waals surface area (Å²) in [7, 11) is 0. The van der Waals surface area contributed by atoms with Gasteiger partial charge in [-0.1, -0.05) is 27.5 Å². The van der Waals surface area contributed by atoms with E-state index in [1.54, 1.807) is 24.3 Å². The molecule has 0 unspecified atom stereocenters. The molecule has 0 spiro atoms. The zero-order valence-electron chi connectivity index (χ0n) is 13.8. The Morgan fingerprint density at radius 2 is 1.84 bits per heavy atom. The molecule has 0 fully saturated rings. The van der Waals surface area contributed by atoms with Crippen LogP contribution in [0, 0.1) is 0 Å². The van der Waals surface area contributed by atoms with Gasteiger partial charge >= 0.3 is 0 Å². The van der Waals surface area contributed by atoms with Crippen LogP contribution in [0.1, 0.15) is 24.2 Å². The van der Waals surface area contributed by atoms with Gasteiger partial charge in [-0.3, -0.25) is 9.59 Å². The van der Waals surface area contributed by atoms with E-state index >= 15 is 0 Å². The van der Waals surface area contributed by atoms with Crippen molar-refractivity contribution in [2.45, 2.75) is 20.0 Å². The maximum Gasteiger partial charge on any atom is 0.255 e. The summed E-state index contributed by atoms with van der Waals surface area (Å²) in [5.74, 6) is -0.335. The van der Waals surface area contributed by atoms with Crippen molar-refractivity contribution in [1.29, 1.82) is 0 Å². The Morgan fingerprint density at radius 1 is 1.16 bits per heavy atom. The van der Waals surface area contributed by atoms with Crippen molar-refractivity contribution < 1.29 is 14.3 Å². The smallest absolute Gasteiger partial charge is 0.255 e. The lowest BCUT2D eigenvalue weighted by Gasteiger charge is -2.14. The Kier molecular flexibility index (Phi) is 6.84. The van der Waals surface area contributed by atoms with Crippen LogP contribution in [-0.4, -0.2) is 24.5 Å². The van der Waals surface area contributed by atoms with Gasteiger partial charge in [-0.15, -0.1) is 0 Å². The minimum absolute atomic E-state index is 0.0894. The minimum atomic E-state index is -0.427. The fraction of sp³-hybridized carbons (Fsp3) is 0.222. The van der Waals surface area contributed by atoms with E-state index in [1.807, 2.05) is 26.0 Å². The van der Waals surface area contributed by atoms with E-state index in [0.29, 0.717) is 16.5 Å². The Morgan fingerprint density at radius 3 is 2.48 bits per heavy atom. The molecule has 25 heavy (non-hydrogen) atoms.